The number of likely N-dealkylation sites (N-methyl/N-ethyl adjacent to an activating group) is 1. The van der Waals surface area contributed by atoms with Crippen LogP contribution in [0.2, 0.25) is 0 Å². The first-order valence-corrected chi connectivity index (χ1v) is 12.4. The number of likely N-dealkylation sites (tertiary alicyclic amines) is 1. The molecule has 0 unspecified atom stereocenters. The van der Waals surface area contributed by atoms with E-state index in [9.17, 15) is 14.7 Å². The van der Waals surface area contributed by atoms with Gasteiger partial charge in [-0.15, -0.1) is 0 Å². The molecule has 5 rings (SSSR count). The number of hydrogen-bond acceptors (Lipinski definition) is 6. The topological polar surface area (TPSA) is 79.3 Å². The lowest BCUT2D eigenvalue weighted by Gasteiger charge is -2.59. The molecule has 1 aromatic rings. The second kappa shape index (κ2) is 8.27. The van der Waals surface area contributed by atoms with E-state index < -0.39 is 17.0 Å². The number of piperidine rings is 1. The number of aliphatic hydroxyl groups is 1. The summed E-state index contributed by atoms with van der Waals surface area (Å²) in [7, 11) is 3.33. The summed E-state index contributed by atoms with van der Waals surface area (Å²) in [5, 5.41) is 12.4. The molecule has 2 saturated carbocycles. The number of benzene rings is 1. The van der Waals surface area contributed by atoms with Crippen LogP contribution < -0.4 is 4.74 Å². The third-order valence-electron chi connectivity index (χ3n) is 8.63. The first kappa shape index (κ1) is 22.7. The van der Waals surface area contributed by atoms with Crippen LogP contribution in [0.25, 0.3) is 0 Å². The maximum atomic E-state index is 13.4. The molecule has 0 spiro atoms. The molecule has 3 aliphatic carbocycles. The number of carbonyl (C=O) groups excluding carboxylic acids is 2. The third-order valence-corrected chi connectivity index (χ3v) is 8.63. The van der Waals surface area contributed by atoms with Crippen LogP contribution >= 0.6 is 0 Å². The molecular formula is C26H36N2O5. The molecule has 33 heavy (non-hydrogen) atoms. The second-order valence-corrected chi connectivity index (χ2v) is 10.5. The lowest BCUT2D eigenvalue weighted by Crippen LogP contribution is -2.69. The molecule has 4 aliphatic rings. The van der Waals surface area contributed by atoms with E-state index in [1.807, 2.05) is 6.07 Å². The molecule has 7 nitrogen and oxygen atoms in total. The molecule has 4 atom stereocenters. The SMILES string of the molecule is CCOC(=O)CN(C)C(=O)[C@@H]1C[C@]23CCN(CC4CC4)[C@H](Cc4ccc(OC)cc42)[C@]3(O)C1. The van der Waals surface area contributed by atoms with E-state index >= 15 is 0 Å². The van der Waals surface area contributed by atoms with Crippen molar-refractivity contribution in [3.05, 3.63) is 29.3 Å². The molecule has 1 N–H and O–H groups in total. The van der Waals surface area contributed by atoms with Crippen LogP contribution in [-0.2, 0) is 26.2 Å². The van der Waals surface area contributed by atoms with Gasteiger partial charge in [0.15, 0.2) is 0 Å². The second-order valence-electron chi connectivity index (χ2n) is 10.5. The Balaban J connectivity index is 1.48. The third kappa shape index (κ3) is 3.64. The first-order chi connectivity index (χ1) is 15.8. The number of ether oxygens (including phenoxy) is 2. The smallest absolute Gasteiger partial charge is 0.325 e. The molecule has 1 aliphatic heterocycles. The minimum Gasteiger partial charge on any atom is -0.497 e. The Hall–Kier alpha value is -2.12. The highest BCUT2D eigenvalue weighted by molar-refractivity contribution is 5.84. The highest BCUT2D eigenvalue weighted by atomic mass is 16.5. The summed E-state index contributed by atoms with van der Waals surface area (Å²) in [5.74, 6) is 0.732. The number of methoxy groups -OCH3 is 1. The maximum Gasteiger partial charge on any atom is 0.325 e. The summed E-state index contributed by atoms with van der Waals surface area (Å²) in [6.45, 7) is 3.98. The van der Waals surface area contributed by atoms with E-state index in [0.717, 1.165) is 43.2 Å². The zero-order valence-electron chi connectivity index (χ0n) is 20.0. The highest BCUT2D eigenvalue weighted by Crippen LogP contribution is 2.62. The molecule has 1 saturated heterocycles. The van der Waals surface area contributed by atoms with Gasteiger partial charge < -0.3 is 19.5 Å². The molecule has 7 heteroatoms. The molecule has 2 bridgehead atoms. The molecule has 0 radical (unpaired) electrons. The van der Waals surface area contributed by atoms with Crippen LogP contribution in [0.1, 0.15) is 50.2 Å². The van der Waals surface area contributed by atoms with E-state index in [1.165, 1.54) is 23.3 Å². The zero-order valence-corrected chi connectivity index (χ0v) is 20.0. The van der Waals surface area contributed by atoms with Crippen LogP contribution in [0.3, 0.4) is 0 Å². The number of rotatable bonds is 7. The number of carbonyl (C=O) groups is 2. The average Bonchev–Trinajstić information content (AvgIpc) is 3.54. The fourth-order valence-electron chi connectivity index (χ4n) is 6.91. The van der Waals surface area contributed by atoms with Crippen LogP contribution in [0.4, 0.5) is 0 Å². The molecule has 0 aromatic heterocycles. The highest BCUT2D eigenvalue weighted by Gasteiger charge is 2.68. The van der Waals surface area contributed by atoms with Gasteiger partial charge in [-0.05, 0) is 81.2 Å². The normalized spacial score (nSPS) is 32.6. The Morgan fingerprint density at radius 2 is 2.06 bits per heavy atom. The predicted molar refractivity (Wildman–Crippen MR) is 123 cm³/mol. The largest absolute Gasteiger partial charge is 0.497 e. The van der Waals surface area contributed by atoms with Gasteiger partial charge in [0.25, 0.3) is 0 Å². The zero-order chi connectivity index (χ0) is 23.4. The molecule has 1 heterocycles. The lowest BCUT2D eigenvalue weighted by atomic mass is 9.56. The van der Waals surface area contributed by atoms with Crippen molar-refractivity contribution in [2.75, 3.05) is 40.4 Å². The Morgan fingerprint density at radius 1 is 1.27 bits per heavy atom. The van der Waals surface area contributed by atoms with Gasteiger partial charge in [0.1, 0.15) is 12.3 Å². The van der Waals surface area contributed by atoms with E-state index in [2.05, 4.69) is 17.0 Å². The number of amides is 1. The summed E-state index contributed by atoms with van der Waals surface area (Å²) in [6, 6.07) is 6.25. The van der Waals surface area contributed by atoms with Gasteiger partial charge in [0.05, 0.1) is 19.3 Å². The Morgan fingerprint density at radius 3 is 2.76 bits per heavy atom. The number of fused-ring (bicyclic) bond motifs is 1. The monoisotopic (exact) mass is 456 g/mol. The first-order valence-electron chi connectivity index (χ1n) is 12.4. The van der Waals surface area contributed by atoms with Gasteiger partial charge in [-0.3, -0.25) is 14.5 Å². The molecular weight excluding hydrogens is 420 g/mol. The Labute approximate surface area is 196 Å². The van der Waals surface area contributed by atoms with Crippen molar-refractivity contribution in [2.45, 2.75) is 62.5 Å². The van der Waals surface area contributed by atoms with Crippen molar-refractivity contribution in [1.29, 1.82) is 0 Å². The van der Waals surface area contributed by atoms with Crippen LogP contribution in [0.15, 0.2) is 18.2 Å². The van der Waals surface area contributed by atoms with Gasteiger partial charge in [-0.2, -0.15) is 0 Å². The van der Waals surface area contributed by atoms with E-state index in [0.29, 0.717) is 19.4 Å². The van der Waals surface area contributed by atoms with Crippen molar-refractivity contribution < 1.29 is 24.2 Å². The minimum absolute atomic E-state index is 0.0147. The van der Waals surface area contributed by atoms with Gasteiger partial charge in [0.2, 0.25) is 5.91 Å². The number of esters is 1. The van der Waals surface area contributed by atoms with Gasteiger partial charge in [-0.25, -0.2) is 0 Å². The van der Waals surface area contributed by atoms with Gasteiger partial charge in [-0.1, -0.05) is 6.07 Å². The summed E-state index contributed by atoms with van der Waals surface area (Å²) in [6.07, 6.45) is 5.22. The van der Waals surface area contributed by atoms with E-state index in [1.54, 1.807) is 21.1 Å². The quantitative estimate of drug-likeness (QED) is 0.634. The average molecular weight is 457 g/mol. The van der Waals surface area contributed by atoms with Gasteiger partial charge >= 0.3 is 5.97 Å². The summed E-state index contributed by atoms with van der Waals surface area (Å²) in [5.41, 5.74) is 0.976. The van der Waals surface area contributed by atoms with Gasteiger partial charge in [0, 0.05) is 31.0 Å². The summed E-state index contributed by atoms with van der Waals surface area (Å²) >= 11 is 0. The van der Waals surface area contributed by atoms with Crippen molar-refractivity contribution in [3.63, 3.8) is 0 Å². The van der Waals surface area contributed by atoms with Crippen molar-refractivity contribution >= 4 is 11.9 Å². The Bertz CT molecular complexity index is 947. The fraction of sp³-hybridized carbons (Fsp3) is 0.692. The van der Waals surface area contributed by atoms with E-state index in [-0.39, 0.29) is 24.4 Å². The molecule has 1 aromatic carbocycles. The fourth-order valence-corrected chi connectivity index (χ4v) is 6.91. The van der Waals surface area contributed by atoms with Crippen molar-refractivity contribution in [2.24, 2.45) is 11.8 Å². The Kier molecular flexibility index (Phi) is 5.68. The van der Waals surface area contributed by atoms with Crippen molar-refractivity contribution in [3.8, 4) is 5.75 Å². The van der Waals surface area contributed by atoms with Crippen LogP contribution in [0, 0.1) is 11.8 Å². The van der Waals surface area contributed by atoms with Crippen molar-refractivity contribution in [1.82, 2.24) is 9.80 Å². The predicted octanol–water partition coefficient (Wildman–Crippen LogP) is 2.14. The summed E-state index contributed by atoms with van der Waals surface area (Å²) in [4.78, 5) is 29.4. The minimum atomic E-state index is -0.968. The lowest BCUT2D eigenvalue weighted by molar-refractivity contribution is -0.149. The summed E-state index contributed by atoms with van der Waals surface area (Å²) < 4.78 is 10.6. The van der Waals surface area contributed by atoms with Crippen LogP contribution in [-0.4, -0.2) is 78.8 Å². The molecule has 3 fully saturated rings. The standard InChI is InChI=1S/C26H36N2O5/c1-4-33-23(29)16-27(2)24(30)19-13-25-9-10-28(15-17-5-6-17)22(26(25,31)14-19)11-18-7-8-20(32-3)12-21(18)25/h7-8,12,17,19,22,31H,4-6,9-11,13-16H2,1-3H3/t19-,22-,25-,26-/m1/s1. The van der Waals surface area contributed by atoms with Crippen LogP contribution in [0.5, 0.6) is 5.75 Å². The van der Waals surface area contributed by atoms with E-state index in [4.69, 9.17) is 9.47 Å². The molecule has 180 valence electrons. The maximum absolute atomic E-state index is 13.4. The molecule has 1 amide bonds. The number of nitrogens with zero attached hydrogens (tertiary/aromatic N) is 2. The number of hydrogen-bond donors (Lipinski definition) is 1.